The van der Waals surface area contributed by atoms with Crippen molar-refractivity contribution in [2.45, 2.75) is 11.8 Å². The molecule has 158 valence electrons. The normalized spacial score (nSPS) is 15.5. The van der Waals surface area contributed by atoms with Crippen molar-refractivity contribution in [2.75, 3.05) is 26.2 Å². The minimum Gasteiger partial charge on any atom is -0.335 e. The molecule has 0 radical (unpaired) electrons. The van der Waals surface area contributed by atoms with Gasteiger partial charge in [-0.05, 0) is 36.6 Å². The molecule has 0 unspecified atom stereocenters. The lowest BCUT2D eigenvalue weighted by Crippen LogP contribution is -2.50. The fraction of sp³-hybridized carbons (Fsp3) is 0.263. The maximum Gasteiger partial charge on any atom is 0.265 e. The third-order valence-electron chi connectivity index (χ3n) is 4.81. The second-order valence-corrected chi connectivity index (χ2v) is 10.4. The number of nitrogens with zero attached hydrogens (tertiary/aromatic N) is 3. The number of amides is 1. The molecule has 1 fully saturated rings. The maximum atomic E-state index is 13.5. The maximum absolute atomic E-state index is 13.5. The topological polar surface area (TPSA) is 70.6 Å². The lowest BCUT2D eigenvalue weighted by molar-refractivity contribution is 0.0702. The molecule has 0 bridgehead atoms. The van der Waals surface area contributed by atoms with Crippen molar-refractivity contribution in [3.8, 4) is 10.6 Å². The molecule has 1 aromatic carbocycles. The highest BCUT2D eigenvalue weighted by atomic mass is 32.2. The molecule has 4 rings (SSSR count). The van der Waals surface area contributed by atoms with Crippen LogP contribution in [-0.4, -0.2) is 54.7 Å². The summed E-state index contributed by atoms with van der Waals surface area (Å²) >= 11 is 2.87. The van der Waals surface area contributed by atoms with E-state index in [1.54, 1.807) is 23.2 Å². The first-order valence-corrected chi connectivity index (χ1v) is 12.2. The van der Waals surface area contributed by atoms with Crippen LogP contribution < -0.4 is 0 Å². The average Bonchev–Trinajstić information content (AvgIpc) is 3.39. The minimum atomic E-state index is -3.97. The van der Waals surface area contributed by atoms with Crippen molar-refractivity contribution in [1.82, 2.24) is 14.2 Å². The van der Waals surface area contributed by atoms with Gasteiger partial charge in [-0.15, -0.1) is 11.3 Å². The Morgan fingerprint density at radius 1 is 1.10 bits per heavy atom. The van der Waals surface area contributed by atoms with Crippen LogP contribution in [0.15, 0.2) is 39.9 Å². The molecular formula is C19H17F2N3O3S3. The minimum absolute atomic E-state index is 0.0717. The molecule has 0 N–H and O–H groups in total. The van der Waals surface area contributed by atoms with Gasteiger partial charge >= 0.3 is 0 Å². The number of carbonyl (C=O) groups excluding carboxylic acids is 1. The molecule has 1 amide bonds. The lowest BCUT2D eigenvalue weighted by atomic mass is 10.3. The monoisotopic (exact) mass is 469 g/mol. The Bertz CT molecular complexity index is 1190. The van der Waals surface area contributed by atoms with Crippen LogP contribution in [0.3, 0.4) is 0 Å². The van der Waals surface area contributed by atoms with E-state index in [4.69, 9.17) is 0 Å². The second-order valence-electron chi connectivity index (χ2n) is 6.72. The van der Waals surface area contributed by atoms with Crippen LogP contribution in [0.1, 0.15) is 15.4 Å². The first-order valence-electron chi connectivity index (χ1n) is 9.02. The number of hydrogen-bond donors (Lipinski definition) is 0. The van der Waals surface area contributed by atoms with E-state index >= 15 is 0 Å². The van der Waals surface area contributed by atoms with Gasteiger partial charge in [0.25, 0.3) is 5.91 Å². The number of aromatic nitrogens is 1. The largest absolute Gasteiger partial charge is 0.335 e. The SMILES string of the molecule is Cc1nc(-c2ccsc2)sc1C(=O)N1CCN(S(=O)(=O)c2ccc(F)c(F)c2)CC1. The zero-order valence-corrected chi connectivity index (χ0v) is 18.3. The summed E-state index contributed by atoms with van der Waals surface area (Å²) in [6.07, 6.45) is 0. The number of aryl methyl sites for hydroxylation is 1. The van der Waals surface area contributed by atoms with Gasteiger partial charge in [0.2, 0.25) is 10.0 Å². The molecule has 0 saturated carbocycles. The van der Waals surface area contributed by atoms with Crippen LogP contribution in [-0.2, 0) is 10.0 Å². The first-order chi connectivity index (χ1) is 14.3. The molecule has 0 atom stereocenters. The number of thiophene rings is 1. The van der Waals surface area contributed by atoms with Gasteiger partial charge in [-0.25, -0.2) is 22.2 Å². The number of piperazine rings is 1. The molecule has 30 heavy (non-hydrogen) atoms. The summed E-state index contributed by atoms with van der Waals surface area (Å²) in [7, 11) is -3.97. The summed E-state index contributed by atoms with van der Waals surface area (Å²) < 4.78 is 53.2. The van der Waals surface area contributed by atoms with Gasteiger partial charge in [-0.3, -0.25) is 4.79 Å². The van der Waals surface area contributed by atoms with E-state index in [0.717, 1.165) is 22.7 Å². The Labute approximate surface area is 180 Å². The molecule has 6 nitrogen and oxygen atoms in total. The van der Waals surface area contributed by atoms with Crippen LogP contribution in [0.4, 0.5) is 8.78 Å². The van der Waals surface area contributed by atoms with Gasteiger partial charge in [0.15, 0.2) is 11.6 Å². The highest BCUT2D eigenvalue weighted by Gasteiger charge is 2.32. The number of carbonyl (C=O) groups is 1. The number of rotatable bonds is 4. The van der Waals surface area contributed by atoms with Crippen molar-refractivity contribution >= 4 is 38.6 Å². The van der Waals surface area contributed by atoms with E-state index in [1.165, 1.54) is 15.6 Å². The van der Waals surface area contributed by atoms with Crippen LogP contribution in [0, 0.1) is 18.6 Å². The molecular weight excluding hydrogens is 452 g/mol. The number of sulfonamides is 1. The van der Waals surface area contributed by atoms with E-state index in [-0.39, 0.29) is 37.0 Å². The van der Waals surface area contributed by atoms with Crippen molar-refractivity contribution in [3.63, 3.8) is 0 Å². The number of thiazole rings is 1. The summed E-state index contributed by atoms with van der Waals surface area (Å²) in [5.74, 6) is -2.51. The van der Waals surface area contributed by atoms with Gasteiger partial charge in [0, 0.05) is 37.1 Å². The van der Waals surface area contributed by atoms with Crippen molar-refractivity contribution < 1.29 is 22.0 Å². The zero-order valence-electron chi connectivity index (χ0n) is 15.8. The standard InChI is InChI=1S/C19H17F2N3O3S3/c1-12-17(29-18(22-12)13-4-9-28-11-13)19(25)23-5-7-24(8-6-23)30(26,27)14-2-3-15(20)16(21)10-14/h2-4,9-11H,5-8H2,1H3. The van der Waals surface area contributed by atoms with E-state index in [1.807, 2.05) is 16.8 Å². The fourth-order valence-corrected chi connectivity index (χ4v) is 6.35. The highest BCUT2D eigenvalue weighted by Crippen LogP contribution is 2.30. The summed E-state index contributed by atoms with van der Waals surface area (Å²) in [6, 6.07) is 4.45. The molecule has 2 aromatic heterocycles. The summed E-state index contributed by atoms with van der Waals surface area (Å²) in [5, 5.41) is 4.69. The number of benzene rings is 1. The first kappa shape index (κ1) is 21.0. The molecule has 3 heterocycles. The molecule has 3 aromatic rings. The Morgan fingerprint density at radius 2 is 1.83 bits per heavy atom. The van der Waals surface area contributed by atoms with Gasteiger partial charge in [0.1, 0.15) is 9.88 Å². The third-order valence-corrected chi connectivity index (χ3v) is 8.59. The molecule has 0 aliphatic carbocycles. The summed E-state index contributed by atoms with van der Waals surface area (Å²) in [6.45, 7) is 2.33. The number of halogens is 2. The smallest absolute Gasteiger partial charge is 0.265 e. The highest BCUT2D eigenvalue weighted by molar-refractivity contribution is 7.89. The van der Waals surface area contributed by atoms with Crippen LogP contribution in [0.2, 0.25) is 0 Å². The molecule has 11 heteroatoms. The van der Waals surface area contributed by atoms with Crippen molar-refractivity contribution in [2.24, 2.45) is 0 Å². The van der Waals surface area contributed by atoms with Crippen LogP contribution in [0.5, 0.6) is 0 Å². The van der Waals surface area contributed by atoms with Gasteiger partial charge < -0.3 is 4.90 Å². The lowest BCUT2D eigenvalue weighted by Gasteiger charge is -2.33. The molecule has 0 spiro atoms. The van der Waals surface area contributed by atoms with Gasteiger partial charge in [-0.1, -0.05) is 0 Å². The van der Waals surface area contributed by atoms with E-state index in [2.05, 4.69) is 4.98 Å². The van der Waals surface area contributed by atoms with Gasteiger partial charge in [0.05, 0.1) is 10.6 Å². The summed E-state index contributed by atoms with van der Waals surface area (Å²) in [4.78, 5) is 19.3. The zero-order chi connectivity index (χ0) is 21.5. The number of hydrogen-bond acceptors (Lipinski definition) is 6. The fourth-order valence-electron chi connectivity index (χ4n) is 3.17. The Hall–Kier alpha value is -2.21. The Morgan fingerprint density at radius 3 is 2.47 bits per heavy atom. The third kappa shape index (κ3) is 3.89. The van der Waals surface area contributed by atoms with Crippen LogP contribution >= 0.6 is 22.7 Å². The van der Waals surface area contributed by atoms with Crippen LogP contribution in [0.25, 0.3) is 10.6 Å². The van der Waals surface area contributed by atoms with Crippen molar-refractivity contribution in [1.29, 1.82) is 0 Å². The van der Waals surface area contributed by atoms with E-state index < -0.39 is 21.7 Å². The molecule has 1 aliphatic heterocycles. The predicted molar refractivity (Wildman–Crippen MR) is 111 cm³/mol. The summed E-state index contributed by atoms with van der Waals surface area (Å²) in [5.41, 5.74) is 1.61. The van der Waals surface area contributed by atoms with Crippen molar-refractivity contribution in [3.05, 3.63) is 57.2 Å². The van der Waals surface area contributed by atoms with E-state index in [0.29, 0.717) is 16.6 Å². The predicted octanol–water partition coefficient (Wildman–Crippen LogP) is 3.60. The average molecular weight is 470 g/mol. The second kappa shape index (κ2) is 8.14. The van der Waals surface area contributed by atoms with Gasteiger partial charge in [-0.2, -0.15) is 15.6 Å². The molecule has 1 aliphatic rings. The quantitative estimate of drug-likeness (QED) is 0.585. The Balaban J connectivity index is 1.47. The molecule has 1 saturated heterocycles. The Kier molecular flexibility index (Phi) is 5.71. The van der Waals surface area contributed by atoms with E-state index in [9.17, 15) is 22.0 Å².